The maximum Gasteiger partial charge on any atom is 0.446 e. The van der Waals surface area contributed by atoms with E-state index in [1.165, 1.54) is 0 Å². The molecule has 1 atom stereocenters. The van der Waals surface area contributed by atoms with Gasteiger partial charge in [0.1, 0.15) is 5.65 Å². The van der Waals surface area contributed by atoms with Gasteiger partial charge < -0.3 is 26.7 Å². The number of guanidine groups is 1. The minimum absolute atomic E-state index is 0.0184. The Labute approximate surface area is 310 Å². The van der Waals surface area contributed by atoms with E-state index in [1.54, 1.807) is 16.7 Å². The van der Waals surface area contributed by atoms with Crippen LogP contribution in [0.15, 0.2) is 69.4 Å². The van der Waals surface area contributed by atoms with Crippen LogP contribution in [0.25, 0.3) is 16.7 Å². The molecule has 6 N–H and O–H groups in total. The first-order valence-corrected chi connectivity index (χ1v) is 18.5. The van der Waals surface area contributed by atoms with Gasteiger partial charge in [-0.15, -0.1) is 0 Å². The van der Waals surface area contributed by atoms with E-state index in [0.717, 1.165) is 72.2 Å². The third-order valence-corrected chi connectivity index (χ3v) is 9.40. The maximum atomic E-state index is 12.7. The molecule has 0 saturated heterocycles. The van der Waals surface area contributed by atoms with Crippen LogP contribution in [-0.2, 0) is 23.8 Å². The van der Waals surface area contributed by atoms with E-state index in [9.17, 15) is 18.0 Å². The van der Waals surface area contributed by atoms with Gasteiger partial charge >= 0.3 is 11.2 Å². The van der Waals surface area contributed by atoms with Gasteiger partial charge in [0, 0.05) is 46.7 Å². The quantitative estimate of drug-likeness (QED) is 0.0480. The van der Waals surface area contributed by atoms with Crippen molar-refractivity contribution >= 4 is 28.8 Å². The highest BCUT2D eigenvalue weighted by molar-refractivity contribution is 8.00. The summed E-state index contributed by atoms with van der Waals surface area (Å²) in [5.41, 5.74) is 11.4. The molecule has 13 heteroatoms. The molecule has 0 unspecified atom stereocenters. The number of rotatable bonds is 13. The smallest absolute Gasteiger partial charge is 0.370 e. The maximum absolute atomic E-state index is 12.7. The standard InChI is InChI=1S/C21H29N7O.C18H28F3NS/c1-21(2,3)17-11-15-13-28(20(29)27-18(15)26-17)16-7-5-14(6-8-16)12-24-9-4-10-25-19(22)23;1-13(22(5)6)8-7-9-14-10-15(17(2,3)4)12-16(11-14)23-18(19,20)21/h5-8,11,13,24H,4,9-10,12H2,1-3H3,(H4,22,23,25)(H,26,27,29);10-13H,7-9H2,1-6H3/t;13-/m.0/s1. The number of nitrogens with one attached hydrogen (secondary N) is 2. The summed E-state index contributed by atoms with van der Waals surface area (Å²) in [7, 11) is 4.09. The van der Waals surface area contributed by atoms with E-state index < -0.39 is 5.51 Å². The number of fused-ring (bicyclic) bond motifs is 1. The van der Waals surface area contributed by atoms with Crippen LogP contribution in [0.2, 0.25) is 0 Å². The number of aromatic nitrogens is 3. The van der Waals surface area contributed by atoms with Crippen LogP contribution in [0.3, 0.4) is 0 Å². The highest BCUT2D eigenvalue weighted by Gasteiger charge is 2.30. The Morgan fingerprint density at radius 2 is 1.65 bits per heavy atom. The molecule has 0 saturated carbocycles. The molecule has 4 aromatic rings. The molecule has 4 rings (SSSR count). The van der Waals surface area contributed by atoms with Crippen LogP contribution in [0.1, 0.15) is 90.1 Å². The van der Waals surface area contributed by atoms with Gasteiger partial charge in [-0.2, -0.15) is 18.2 Å². The molecule has 0 bridgehead atoms. The van der Waals surface area contributed by atoms with Crippen LogP contribution < -0.4 is 22.5 Å². The van der Waals surface area contributed by atoms with Gasteiger partial charge in [-0.05, 0) is 117 Å². The summed E-state index contributed by atoms with van der Waals surface area (Å²) in [5, 5.41) is 4.27. The van der Waals surface area contributed by atoms with E-state index in [4.69, 9.17) is 11.5 Å². The van der Waals surface area contributed by atoms with Crippen LogP contribution >= 0.6 is 11.8 Å². The second-order valence-corrected chi connectivity index (χ2v) is 16.6. The fourth-order valence-electron chi connectivity index (χ4n) is 5.29. The van der Waals surface area contributed by atoms with Crippen molar-refractivity contribution in [3.8, 4) is 5.69 Å². The van der Waals surface area contributed by atoms with Crippen molar-refractivity contribution in [2.24, 2.45) is 16.5 Å². The van der Waals surface area contributed by atoms with Gasteiger partial charge in [0.25, 0.3) is 0 Å². The summed E-state index contributed by atoms with van der Waals surface area (Å²) in [4.78, 5) is 26.4. The number of aromatic amines is 1. The fourth-order valence-corrected chi connectivity index (χ4v) is 5.96. The molecule has 0 aliphatic rings. The lowest BCUT2D eigenvalue weighted by Crippen LogP contribution is -2.24. The molecule has 0 spiro atoms. The van der Waals surface area contributed by atoms with Crippen molar-refractivity contribution in [3.63, 3.8) is 0 Å². The third-order valence-electron chi connectivity index (χ3n) is 8.70. The van der Waals surface area contributed by atoms with Gasteiger partial charge in [0.15, 0.2) is 5.96 Å². The second-order valence-electron chi connectivity index (χ2n) is 15.5. The molecule has 0 radical (unpaired) electrons. The van der Waals surface area contributed by atoms with Gasteiger partial charge in [0.05, 0.1) is 5.69 Å². The topological polar surface area (TPSA) is 130 Å². The number of aryl methyl sites for hydroxylation is 1. The number of halogens is 3. The van der Waals surface area contributed by atoms with E-state index in [2.05, 4.69) is 65.0 Å². The van der Waals surface area contributed by atoms with Crippen molar-refractivity contribution in [1.29, 1.82) is 0 Å². The summed E-state index contributed by atoms with van der Waals surface area (Å²) in [5.74, 6) is 0.123. The normalized spacial score (nSPS) is 12.9. The minimum Gasteiger partial charge on any atom is -0.370 e. The first-order valence-electron chi connectivity index (χ1n) is 17.7. The molecule has 0 aliphatic heterocycles. The highest BCUT2D eigenvalue weighted by Crippen LogP contribution is 2.39. The van der Waals surface area contributed by atoms with Crippen molar-refractivity contribution in [2.45, 2.75) is 108 Å². The number of nitrogens with zero attached hydrogens (tertiary/aromatic N) is 4. The number of nitrogens with two attached hydrogens (primary N) is 2. The van der Waals surface area contributed by atoms with Crippen molar-refractivity contribution in [3.05, 3.63) is 87.6 Å². The van der Waals surface area contributed by atoms with Gasteiger partial charge in [-0.25, -0.2) is 4.79 Å². The monoisotopic (exact) mass is 742 g/mol. The predicted octanol–water partition coefficient (Wildman–Crippen LogP) is 7.63. The Hall–Kier alpha value is -3.81. The first-order chi connectivity index (χ1) is 24.1. The fraction of sp³-hybridized carbons (Fsp3) is 0.513. The van der Waals surface area contributed by atoms with Crippen LogP contribution in [0, 0.1) is 0 Å². The summed E-state index contributed by atoms with van der Waals surface area (Å²) >= 11 is -0.0184. The molecule has 286 valence electrons. The van der Waals surface area contributed by atoms with Crippen molar-refractivity contribution in [1.82, 2.24) is 24.8 Å². The van der Waals surface area contributed by atoms with E-state index in [-0.39, 0.29) is 34.2 Å². The number of thioether (sulfide) groups is 1. The van der Waals surface area contributed by atoms with E-state index >= 15 is 0 Å². The van der Waals surface area contributed by atoms with Crippen LogP contribution in [0.5, 0.6) is 0 Å². The zero-order valence-electron chi connectivity index (χ0n) is 32.1. The molecule has 0 aliphatic carbocycles. The molecule has 2 heterocycles. The Morgan fingerprint density at radius 3 is 2.23 bits per heavy atom. The second kappa shape index (κ2) is 18.3. The molecular weight excluding hydrogens is 686 g/mol. The summed E-state index contributed by atoms with van der Waals surface area (Å²) in [6.45, 7) is 16.8. The molecule has 0 fully saturated rings. The Kier molecular flexibility index (Phi) is 15.0. The summed E-state index contributed by atoms with van der Waals surface area (Å²) < 4.78 is 39.7. The lowest BCUT2D eigenvalue weighted by molar-refractivity contribution is -0.0328. The molecule has 2 aromatic heterocycles. The number of aliphatic imine (C=N–C) groups is 1. The molecular formula is C39H57F3N8OS. The summed E-state index contributed by atoms with van der Waals surface area (Å²) in [6.07, 6.45) is 5.53. The van der Waals surface area contributed by atoms with Gasteiger partial charge in [0.2, 0.25) is 0 Å². The highest BCUT2D eigenvalue weighted by atomic mass is 32.2. The number of hydrogen-bond acceptors (Lipinski definition) is 6. The molecule has 2 aromatic carbocycles. The number of H-pyrrole nitrogens is 1. The van der Waals surface area contributed by atoms with Crippen molar-refractivity contribution in [2.75, 3.05) is 27.2 Å². The molecule has 52 heavy (non-hydrogen) atoms. The van der Waals surface area contributed by atoms with Gasteiger partial charge in [-0.1, -0.05) is 59.7 Å². The van der Waals surface area contributed by atoms with Crippen LogP contribution in [-0.4, -0.2) is 64.1 Å². The number of hydrogen-bond donors (Lipinski definition) is 4. The largest absolute Gasteiger partial charge is 0.446 e. The zero-order chi connectivity index (χ0) is 38.9. The Balaban J connectivity index is 0.000000289. The minimum atomic E-state index is -4.24. The lowest BCUT2D eigenvalue weighted by Gasteiger charge is -2.22. The summed E-state index contributed by atoms with van der Waals surface area (Å²) in [6, 6.07) is 15.8. The predicted molar refractivity (Wildman–Crippen MR) is 211 cm³/mol. The van der Waals surface area contributed by atoms with Gasteiger partial charge in [-0.3, -0.25) is 9.56 Å². The molecule has 0 amide bonds. The zero-order valence-corrected chi connectivity index (χ0v) is 32.9. The van der Waals surface area contributed by atoms with E-state index in [1.807, 2.05) is 65.3 Å². The first kappa shape index (κ1) is 42.6. The molecule has 9 nitrogen and oxygen atoms in total. The Morgan fingerprint density at radius 1 is 0.981 bits per heavy atom. The van der Waals surface area contributed by atoms with Crippen molar-refractivity contribution < 1.29 is 13.2 Å². The lowest BCUT2D eigenvalue weighted by atomic mass is 9.85. The Bertz CT molecular complexity index is 1810. The van der Waals surface area contributed by atoms with E-state index in [0.29, 0.717) is 23.1 Å². The average molecular weight is 743 g/mol. The number of alkyl halides is 3. The SMILES string of the molecule is CC(C)(C)c1cc2cn(-c3ccc(CNCCCN=C(N)N)cc3)c(=O)nc2[nH]1.C[C@@H](CCCc1cc(SC(F)(F)F)cc(C(C)(C)C)c1)N(C)C. The van der Waals surface area contributed by atoms with Crippen LogP contribution in [0.4, 0.5) is 13.2 Å². The average Bonchev–Trinajstić information content (AvgIpc) is 3.45. The number of benzene rings is 2. The third kappa shape index (κ3) is 14.0.